The summed E-state index contributed by atoms with van der Waals surface area (Å²) in [6.45, 7) is 2.88. The van der Waals surface area contributed by atoms with Gasteiger partial charge in [-0.3, -0.25) is 10.00 Å². The Hall–Kier alpha value is -4.35. The van der Waals surface area contributed by atoms with Crippen molar-refractivity contribution in [3.05, 3.63) is 94.5 Å². The summed E-state index contributed by atoms with van der Waals surface area (Å²) in [5.74, 6) is 1.70. The average molecular weight is 573 g/mol. The lowest BCUT2D eigenvalue weighted by molar-refractivity contribution is 0.0594. The van der Waals surface area contributed by atoms with E-state index >= 15 is 0 Å². The summed E-state index contributed by atoms with van der Waals surface area (Å²) in [5, 5.41) is 7.63. The number of imidazole rings is 1. The smallest absolute Gasteiger partial charge is 0.356 e. The predicted octanol–water partition coefficient (Wildman–Crippen LogP) is 4.07. The minimum Gasteiger partial charge on any atom is -0.474 e. The van der Waals surface area contributed by atoms with Gasteiger partial charge in [-0.1, -0.05) is 23.7 Å². The van der Waals surface area contributed by atoms with Gasteiger partial charge in [-0.05, 0) is 42.7 Å². The van der Waals surface area contributed by atoms with Crippen LogP contribution in [0.2, 0.25) is 5.02 Å². The van der Waals surface area contributed by atoms with Crippen molar-refractivity contribution in [2.24, 2.45) is 0 Å². The first kappa shape index (κ1) is 26.9. The largest absolute Gasteiger partial charge is 0.474 e. The van der Waals surface area contributed by atoms with Crippen LogP contribution in [0.1, 0.15) is 46.1 Å². The lowest BCUT2D eigenvalue weighted by atomic mass is 10.1. The molecule has 6 rings (SSSR count). The Bertz CT molecular complexity index is 1630. The topological polar surface area (TPSA) is 124 Å². The molecule has 5 aromatic rings. The molecule has 1 N–H and O–H groups in total. The van der Waals surface area contributed by atoms with Gasteiger partial charge in [-0.25, -0.2) is 19.7 Å². The number of hydrogen-bond acceptors (Lipinski definition) is 9. The number of carbonyl (C=O) groups is 1. The summed E-state index contributed by atoms with van der Waals surface area (Å²) in [7, 11) is 1.35. The molecule has 0 saturated carbocycles. The van der Waals surface area contributed by atoms with E-state index in [1.807, 2.05) is 47.2 Å². The third-order valence-electron chi connectivity index (χ3n) is 7.10. The predicted molar refractivity (Wildman–Crippen MR) is 152 cm³/mol. The summed E-state index contributed by atoms with van der Waals surface area (Å²) in [6.07, 6.45) is 7.77. The summed E-state index contributed by atoms with van der Waals surface area (Å²) < 4.78 is 13.2. The zero-order chi connectivity index (χ0) is 28.2. The number of nitrogens with zero attached hydrogens (tertiary/aromatic N) is 7. The maximum absolute atomic E-state index is 12.1. The van der Waals surface area contributed by atoms with E-state index in [0.29, 0.717) is 41.9 Å². The van der Waals surface area contributed by atoms with Crippen molar-refractivity contribution < 1.29 is 14.3 Å². The number of rotatable bonds is 9. The Morgan fingerprint density at radius 1 is 1.02 bits per heavy atom. The second-order valence-corrected chi connectivity index (χ2v) is 10.4. The third kappa shape index (κ3) is 6.36. The fourth-order valence-corrected chi connectivity index (χ4v) is 5.10. The Kier molecular flexibility index (Phi) is 7.88. The molecule has 5 heterocycles. The van der Waals surface area contributed by atoms with Gasteiger partial charge < -0.3 is 14.0 Å². The Labute approximate surface area is 241 Å². The molecule has 210 valence electrons. The molecule has 0 atom stereocenters. The van der Waals surface area contributed by atoms with E-state index in [1.54, 1.807) is 18.5 Å². The molecule has 1 saturated heterocycles. The highest BCUT2D eigenvalue weighted by Crippen LogP contribution is 2.22. The number of fused-ring (bicyclic) bond motifs is 1. The zero-order valence-electron chi connectivity index (χ0n) is 22.5. The number of benzene rings is 1. The van der Waals surface area contributed by atoms with Crippen molar-refractivity contribution in [3.8, 4) is 5.88 Å². The van der Waals surface area contributed by atoms with E-state index < -0.39 is 5.97 Å². The van der Waals surface area contributed by atoms with E-state index in [1.165, 1.54) is 7.11 Å². The van der Waals surface area contributed by atoms with Crippen molar-refractivity contribution >= 4 is 28.7 Å². The molecule has 41 heavy (non-hydrogen) atoms. The number of aromatic amines is 1. The van der Waals surface area contributed by atoms with E-state index in [-0.39, 0.29) is 11.8 Å². The number of halogens is 1. The molecule has 0 spiro atoms. The average Bonchev–Trinajstić information content (AvgIpc) is 3.63. The molecule has 0 radical (unpaired) electrons. The monoisotopic (exact) mass is 572 g/mol. The van der Waals surface area contributed by atoms with E-state index in [2.05, 4.69) is 30.0 Å². The highest BCUT2D eigenvalue weighted by Gasteiger charge is 2.24. The number of ether oxygens (including phenoxy) is 2. The highest BCUT2D eigenvalue weighted by atomic mass is 35.5. The normalized spacial score (nSPS) is 14.4. The number of aromatic nitrogens is 7. The van der Waals surface area contributed by atoms with Gasteiger partial charge in [0, 0.05) is 48.6 Å². The van der Waals surface area contributed by atoms with Crippen LogP contribution in [0, 0.1) is 0 Å². The molecule has 11 nitrogen and oxygen atoms in total. The van der Waals surface area contributed by atoms with Crippen molar-refractivity contribution in [3.63, 3.8) is 0 Å². The van der Waals surface area contributed by atoms with Gasteiger partial charge in [-0.15, -0.1) is 0 Å². The number of pyridine rings is 1. The van der Waals surface area contributed by atoms with Crippen LogP contribution in [0.3, 0.4) is 0 Å². The van der Waals surface area contributed by atoms with Crippen molar-refractivity contribution in [1.82, 2.24) is 39.6 Å². The van der Waals surface area contributed by atoms with Crippen LogP contribution in [0.25, 0.3) is 11.2 Å². The Balaban J connectivity index is 1.11. The number of hydrogen-bond donors (Lipinski definition) is 1. The molecule has 0 aliphatic carbocycles. The van der Waals surface area contributed by atoms with Crippen LogP contribution in [0.4, 0.5) is 0 Å². The lowest BCUT2D eigenvalue weighted by Gasteiger charge is -2.31. The summed E-state index contributed by atoms with van der Waals surface area (Å²) >= 11 is 6.00. The molecule has 0 amide bonds. The van der Waals surface area contributed by atoms with Gasteiger partial charge in [-0.2, -0.15) is 10.1 Å². The minimum atomic E-state index is -0.479. The number of methoxy groups -OCH3 is 1. The van der Waals surface area contributed by atoms with Gasteiger partial charge in [0.15, 0.2) is 11.3 Å². The summed E-state index contributed by atoms with van der Waals surface area (Å²) in [4.78, 5) is 33.0. The van der Waals surface area contributed by atoms with Gasteiger partial charge in [0.25, 0.3) is 0 Å². The molecule has 12 heteroatoms. The fourth-order valence-electron chi connectivity index (χ4n) is 4.97. The van der Waals surface area contributed by atoms with Gasteiger partial charge >= 0.3 is 5.97 Å². The lowest BCUT2D eigenvalue weighted by Crippen LogP contribution is -2.38. The maximum Gasteiger partial charge on any atom is 0.356 e. The fraction of sp³-hybridized carbons (Fsp3) is 0.310. The number of likely N-dealkylation sites (tertiary alicyclic amines) is 1. The molecule has 1 fully saturated rings. The van der Waals surface area contributed by atoms with Crippen molar-refractivity contribution in [2.45, 2.75) is 38.5 Å². The second kappa shape index (κ2) is 12.0. The highest BCUT2D eigenvalue weighted by molar-refractivity contribution is 6.30. The first-order valence-corrected chi connectivity index (χ1v) is 13.8. The number of piperidine rings is 1. The summed E-state index contributed by atoms with van der Waals surface area (Å²) in [5.41, 5.74) is 3.70. The Morgan fingerprint density at radius 3 is 2.61 bits per heavy atom. The van der Waals surface area contributed by atoms with Crippen LogP contribution in [0.15, 0.2) is 61.1 Å². The molecule has 0 bridgehead atoms. The first-order valence-electron chi connectivity index (χ1n) is 13.4. The molecule has 4 aromatic heterocycles. The minimum absolute atomic E-state index is 0.0681. The van der Waals surface area contributed by atoms with Crippen LogP contribution in [0.5, 0.6) is 5.88 Å². The molecule has 1 aromatic carbocycles. The van der Waals surface area contributed by atoms with Gasteiger partial charge in [0.2, 0.25) is 5.88 Å². The standard InChI is InChI=1S/C29H29ClN8O3/c1-40-29(39)24-7-6-23-28(35-24)38(17-20-15-32-33-16-20)26(34-23)18-37-12-9-22(10-13-37)41-27-8-11-31-25(36-27)14-19-2-4-21(30)5-3-19/h2-8,11,15-16,22H,9-10,12-14,17-18H2,1H3,(H,32,33). The number of carbonyl (C=O) groups excluding carboxylic acids is 1. The van der Waals surface area contributed by atoms with Crippen molar-refractivity contribution in [1.29, 1.82) is 0 Å². The van der Waals surface area contributed by atoms with E-state index in [0.717, 1.165) is 48.4 Å². The van der Waals surface area contributed by atoms with E-state index in [4.69, 9.17) is 26.1 Å². The molecule has 0 unspecified atom stereocenters. The quantitative estimate of drug-likeness (QED) is 0.260. The van der Waals surface area contributed by atoms with Crippen LogP contribution >= 0.6 is 11.6 Å². The number of H-pyrrole nitrogens is 1. The zero-order valence-corrected chi connectivity index (χ0v) is 23.3. The van der Waals surface area contributed by atoms with Gasteiger partial charge in [0.05, 0.1) is 26.4 Å². The molecule has 1 aliphatic heterocycles. The molecular weight excluding hydrogens is 544 g/mol. The SMILES string of the molecule is COC(=O)c1ccc2nc(CN3CCC(Oc4ccnc(Cc5ccc(Cl)cc5)n4)CC3)n(Cc3cn[nH]c3)c2n1. The second-order valence-electron chi connectivity index (χ2n) is 9.96. The first-order chi connectivity index (χ1) is 20.0. The maximum atomic E-state index is 12.1. The molecule has 1 aliphatic rings. The van der Waals surface area contributed by atoms with Crippen molar-refractivity contribution in [2.75, 3.05) is 20.2 Å². The van der Waals surface area contributed by atoms with Crippen LogP contribution < -0.4 is 4.74 Å². The Morgan fingerprint density at radius 2 is 1.85 bits per heavy atom. The van der Waals surface area contributed by atoms with Crippen LogP contribution in [-0.2, 0) is 24.2 Å². The molecular formula is C29H29ClN8O3. The number of nitrogens with one attached hydrogen (secondary N) is 1. The van der Waals surface area contributed by atoms with Crippen LogP contribution in [-0.4, -0.2) is 71.9 Å². The third-order valence-corrected chi connectivity index (χ3v) is 7.36. The summed E-state index contributed by atoms with van der Waals surface area (Å²) in [6, 6.07) is 13.0. The van der Waals surface area contributed by atoms with E-state index in [9.17, 15) is 4.79 Å². The number of esters is 1. The van der Waals surface area contributed by atoms with Gasteiger partial charge in [0.1, 0.15) is 23.3 Å².